The zero-order valence-electron chi connectivity index (χ0n) is 10.9. The van der Waals surface area contributed by atoms with Crippen LogP contribution in [-0.4, -0.2) is 40.2 Å². The van der Waals surface area contributed by atoms with Crippen LogP contribution in [0, 0.1) is 0 Å². The highest BCUT2D eigenvalue weighted by atomic mass is 16.5. The molecule has 6 heteroatoms. The van der Waals surface area contributed by atoms with Gasteiger partial charge < -0.3 is 14.1 Å². The number of piperidine rings is 1. The monoisotopic (exact) mass is 273 g/mol. The van der Waals surface area contributed by atoms with Gasteiger partial charge in [-0.2, -0.15) is 5.10 Å². The number of carbonyl (C=O) groups excluding carboxylic acids is 1. The molecule has 0 N–H and O–H groups in total. The summed E-state index contributed by atoms with van der Waals surface area (Å²) >= 11 is 0. The van der Waals surface area contributed by atoms with E-state index in [2.05, 4.69) is 10.2 Å². The fourth-order valence-electron chi connectivity index (χ4n) is 2.30. The predicted molar refractivity (Wildman–Crippen MR) is 70.3 cm³/mol. The molecule has 1 aliphatic rings. The lowest BCUT2D eigenvalue weighted by molar-refractivity contribution is 0.0498. The molecule has 0 saturated carbocycles. The summed E-state index contributed by atoms with van der Waals surface area (Å²) in [5.41, 5.74) is 0. The molecule has 1 aliphatic heterocycles. The van der Waals surface area contributed by atoms with Gasteiger partial charge in [-0.15, -0.1) is 5.10 Å². The van der Waals surface area contributed by atoms with Gasteiger partial charge in [0.25, 0.3) is 5.91 Å². The lowest BCUT2D eigenvalue weighted by Gasteiger charge is -2.31. The van der Waals surface area contributed by atoms with Crippen LogP contribution in [-0.2, 0) is 0 Å². The minimum atomic E-state index is -0.0950. The molecule has 0 unspecified atom stereocenters. The van der Waals surface area contributed by atoms with E-state index in [1.807, 2.05) is 0 Å². The number of carbonyl (C=O) groups is 1. The Hall–Kier alpha value is -2.37. The molecular weight excluding hydrogens is 258 g/mol. The molecule has 1 saturated heterocycles. The van der Waals surface area contributed by atoms with Crippen molar-refractivity contribution in [1.29, 1.82) is 0 Å². The molecule has 3 rings (SSSR count). The molecule has 1 fully saturated rings. The second-order valence-corrected chi connectivity index (χ2v) is 4.67. The third kappa shape index (κ3) is 2.79. The largest absolute Gasteiger partial charge is 0.471 e. The van der Waals surface area contributed by atoms with Crippen LogP contribution in [0.5, 0.6) is 5.88 Å². The van der Waals surface area contributed by atoms with E-state index < -0.39 is 0 Å². The van der Waals surface area contributed by atoms with E-state index in [4.69, 9.17) is 9.15 Å². The van der Waals surface area contributed by atoms with Crippen LogP contribution in [0.3, 0.4) is 0 Å². The Kier molecular flexibility index (Phi) is 3.62. The second kappa shape index (κ2) is 5.73. The number of ether oxygens (including phenoxy) is 1. The lowest BCUT2D eigenvalue weighted by Crippen LogP contribution is -2.44. The maximum absolute atomic E-state index is 12.2. The number of furan rings is 1. The standard InChI is InChI=1S/C14H15N3O3/c18-14(12-5-3-9-19-12)17-8-2-4-11(10-17)20-13-6-1-7-15-16-13/h1,3,5-7,9,11H,2,4,8,10H2/t11-/m1/s1. The number of nitrogens with zero attached hydrogens (tertiary/aromatic N) is 3. The smallest absolute Gasteiger partial charge is 0.289 e. The molecule has 1 atom stereocenters. The molecule has 0 radical (unpaired) electrons. The zero-order valence-corrected chi connectivity index (χ0v) is 10.9. The highest BCUT2D eigenvalue weighted by molar-refractivity contribution is 5.91. The molecule has 2 aromatic rings. The summed E-state index contributed by atoms with van der Waals surface area (Å²) in [6.07, 6.45) is 4.85. The molecule has 104 valence electrons. The molecule has 0 aliphatic carbocycles. The van der Waals surface area contributed by atoms with Crippen molar-refractivity contribution < 1.29 is 13.9 Å². The van der Waals surface area contributed by atoms with Gasteiger partial charge in [0.1, 0.15) is 6.10 Å². The van der Waals surface area contributed by atoms with Crippen LogP contribution in [0.15, 0.2) is 41.1 Å². The van der Waals surface area contributed by atoms with E-state index in [0.29, 0.717) is 18.2 Å². The molecule has 3 heterocycles. The van der Waals surface area contributed by atoms with Crippen LogP contribution in [0.2, 0.25) is 0 Å². The van der Waals surface area contributed by atoms with Gasteiger partial charge in [0, 0.05) is 18.8 Å². The molecule has 2 aromatic heterocycles. The average molecular weight is 273 g/mol. The topological polar surface area (TPSA) is 68.5 Å². The summed E-state index contributed by atoms with van der Waals surface area (Å²) < 4.78 is 10.9. The van der Waals surface area contributed by atoms with Gasteiger partial charge in [-0.25, -0.2) is 0 Å². The van der Waals surface area contributed by atoms with Crippen molar-refractivity contribution in [2.45, 2.75) is 18.9 Å². The van der Waals surface area contributed by atoms with Crippen LogP contribution in [0.25, 0.3) is 0 Å². The van der Waals surface area contributed by atoms with Crippen LogP contribution in [0.1, 0.15) is 23.4 Å². The van der Waals surface area contributed by atoms with E-state index in [0.717, 1.165) is 19.4 Å². The first-order chi connectivity index (χ1) is 9.83. The number of hydrogen-bond acceptors (Lipinski definition) is 5. The molecule has 0 bridgehead atoms. The molecule has 20 heavy (non-hydrogen) atoms. The Morgan fingerprint density at radius 2 is 2.35 bits per heavy atom. The summed E-state index contributed by atoms with van der Waals surface area (Å²) in [5.74, 6) is 0.761. The number of likely N-dealkylation sites (tertiary alicyclic amines) is 1. The van der Waals surface area contributed by atoms with Crippen molar-refractivity contribution in [3.05, 3.63) is 42.5 Å². The Morgan fingerprint density at radius 1 is 1.40 bits per heavy atom. The van der Waals surface area contributed by atoms with E-state index in [-0.39, 0.29) is 12.0 Å². The summed E-state index contributed by atoms with van der Waals surface area (Å²) in [6, 6.07) is 6.93. The maximum Gasteiger partial charge on any atom is 0.289 e. The second-order valence-electron chi connectivity index (χ2n) is 4.67. The van der Waals surface area contributed by atoms with Gasteiger partial charge in [-0.05, 0) is 31.0 Å². The minimum absolute atomic E-state index is 0.0561. The summed E-state index contributed by atoms with van der Waals surface area (Å²) in [5, 5.41) is 7.67. The first-order valence-electron chi connectivity index (χ1n) is 6.60. The zero-order chi connectivity index (χ0) is 13.8. The summed E-state index contributed by atoms with van der Waals surface area (Å²) in [4.78, 5) is 14.0. The predicted octanol–water partition coefficient (Wildman–Crippen LogP) is 1.75. The fourth-order valence-corrected chi connectivity index (χ4v) is 2.30. The van der Waals surface area contributed by atoms with Gasteiger partial charge in [-0.1, -0.05) is 0 Å². The van der Waals surface area contributed by atoms with Crippen molar-refractivity contribution in [3.8, 4) is 5.88 Å². The number of rotatable bonds is 3. The fraction of sp³-hybridized carbons (Fsp3) is 0.357. The maximum atomic E-state index is 12.2. The average Bonchev–Trinajstić information content (AvgIpc) is 3.02. The Labute approximate surface area is 116 Å². The molecule has 0 aromatic carbocycles. The highest BCUT2D eigenvalue weighted by Gasteiger charge is 2.27. The minimum Gasteiger partial charge on any atom is -0.471 e. The summed E-state index contributed by atoms with van der Waals surface area (Å²) in [6.45, 7) is 1.26. The van der Waals surface area contributed by atoms with Gasteiger partial charge in [0.2, 0.25) is 5.88 Å². The molecule has 1 amide bonds. The van der Waals surface area contributed by atoms with E-state index in [1.54, 1.807) is 35.4 Å². The van der Waals surface area contributed by atoms with Crippen LogP contribution >= 0.6 is 0 Å². The van der Waals surface area contributed by atoms with Crippen molar-refractivity contribution >= 4 is 5.91 Å². The molecular formula is C14H15N3O3. The van der Waals surface area contributed by atoms with Crippen molar-refractivity contribution in [1.82, 2.24) is 15.1 Å². The molecule has 0 spiro atoms. The Morgan fingerprint density at radius 3 is 3.10 bits per heavy atom. The first-order valence-corrected chi connectivity index (χ1v) is 6.60. The summed E-state index contributed by atoms with van der Waals surface area (Å²) in [7, 11) is 0. The van der Waals surface area contributed by atoms with Gasteiger partial charge in [0.05, 0.1) is 12.8 Å². The Bertz CT molecular complexity index is 556. The lowest BCUT2D eigenvalue weighted by atomic mass is 10.1. The van der Waals surface area contributed by atoms with Gasteiger partial charge in [0.15, 0.2) is 5.76 Å². The van der Waals surface area contributed by atoms with E-state index in [9.17, 15) is 4.79 Å². The quantitative estimate of drug-likeness (QED) is 0.852. The third-order valence-corrected chi connectivity index (χ3v) is 3.23. The Balaban J connectivity index is 1.63. The van der Waals surface area contributed by atoms with Crippen LogP contribution in [0.4, 0.5) is 0 Å². The number of amides is 1. The number of hydrogen-bond donors (Lipinski definition) is 0. The van der Waals surface area contributed by atoms with E-state index >= 15 is 0 Å². The van der Waals surface area contributed by atoms with Gasteiger partial charge in [-0.3, -0.25) is 4.79 Å². The van der Waals surface area contributed by atoms with Crippen molar-refractivity contribution in [2.75, 3.05) is 13.1 Å². The SMILES string of the molecule is O=C(c1ccco1)N1CCC[C@@H](Oc2cccnn2)C1. The first kappa shape index (κ1) is 12.7. The normalized spacial score (nSPS) is 18.8. The highest BCUT2D eigenvalue weighted by Crippen LogP contribution is 2.18. The molecule has 6 nitrogen and oxygen atoms in total. The van der Waals surface area contributed by atoms with Crippen molar-refractivity contribution in [2.24, 2.45) is 0 Å². The van der Waals surface area contributed by atoms with Gasteiger partial charge >= 0.3 is 0 Å². The van der Waals surface area contributed by atoms with Crippen molar-refractivity contribution in [3.63, 3.8) is 0 Å². The van der Waals surface area contributed by atoms with Crippen LogP contribution < -0.4 is 4.74 Å². The van der Waals surface area contributed by atoms with E-state index in [1.165, 1.54) is 6.26 Å². The number of aromatic nitrogens is 2. The third-order valence-electron chi connectivity index (χ3n) is 3.23.